The molecule has 0 spiro atoms. The molecule has 0 unspecified atom stereocenters. The Morgan fingerprint density at radius 3 is 2.29 bits per heavy atom. The Bertz CT molecular complexity index is 72.6. The third-order valence-corrected chi connectivity index (χ3v) is 0.677. The maximum absolute atomic E-state index is 10.0. The number of carbonyl (C=O) groups is 1. The van der Waals surface area contributed by atoms with E-state index in [1.165, 1.54) is 0 Å². The summed E-state index contributed by atoms with van der Waals surface area (Å²) in [5.74, 6) is 4.38. The predicted molar refractivity (Wildman–Crippen MR) is 26.0 cm³/mol. The van der Waals surface area contributed by atoms with Crippen LogP contribution in [-0.2, 0) is 4.79 Å². The van der Waals surface area contributed by atoms with Gasteiger partial charge in [0.2, 0.25) is 5.91 Å². The van der Waals surface area contributed by atoms with Crippen molar-refractivity contribution in [2.45, 2.75) is 13.0 Å². The average Bonchev–Trinajstić information content (AvgIpc) is 1.65. The van der Waals surface area contributed by atoms with Crippen LogP contribution in [0.5, 0.6) is 0 Å². The zero-order valence-corrected chi connectivity index (χ0v) is 4.14. The van der Waals surface area contributed by atoms with Gasteiger partial charge < -0.3 is 5.73 Å². The minimum Gasteiger partial charge on any atom is -0.368 e. The summed E-state index contributed by atoms with van der Waals surface area (Å²) in [6.07, 6.45) is 0. The molecule has 0 aromatic heterocycles. The van der Waals surface area contributed by atoms with Crippen molar-refractivity contribution < 1.29 is 4.79 Å². The summed E-state index contributed by atoms with van der Waals surface area (Å²) in [5, 5.41) is 0. The largest absolute Gasteiger partial charge is 0.368 e. The van der Waals surface area contributed by atoms with Crippen LogP contribution in [0.3, 0.4) is 0 Å². The number of hydrazine groups is 1. The fourth-order valence-corrected chi connectivity index (χ4v) is 0.0821. The van der Waals surface area contributed by atoms with Crippen molar-refractivity contribution in [1.29, 1.82) is 0 Å². The van der Waals surface area contributed by atoms with E-state index in [4.69, 9.17) is 11.6 Å². The van der Waals surface area contributed by atoms with Crippen LogP contribution in [0, 0.1) is 0 Å². The molecule has 0 saturated carbocycles. The molecule has 0 aliphatic heterocycles. The number of carbonyl (C=O) groups excluding carboxylic acids is 1. The van der Waals surface area contributed by atoms with Crippen LogP contribution in [0.25, 0.3) is 0 Å². The second-order valence-corrected chi connectivity index (χ2v) is 1.29. The van der Waals surface area contributed by atoms with Crippen molar-refractivity contribution in [2.24, 2.45) is 11.6 Å². The van der Waals surface area contributed by atoms with Gasteiger partial charge in [0.1, 0.15) is 0 Å². The zero-order chi connectivity index (χ0) is 5.86. The third kappa shape index (κ3) is 2.13. The SMILES string of the molecule is C[C@H](NN)C(N)=O. The highest BCUT2D eigenvalue weighted by molar-refractivity contribution is 5.79. The predicted octanol–water partition coefficient (Wildman–Crippen LogP) is -1.68. The van der Waals surface area contributed by atoms with Crippen molar-refractivity contribution >= 4 is 5.91 Å². The number of rotatable bonds is 2. The molecule has 5 N–H and O–H groups in total. The fraction of sp³-hybridized carbons (Fsp3) is 0.667. The molecule has 0 rings (SSSR count). The summed E-state index contributed by atoms with van der Waals surface area (Å²) in [7, 11) is 0. The van der Waals surface area contributed by atoms with Crippen LogP contribution in [0.4, 0.5) is 0 Å². The highest BCUT2D eigenvalue weighted by Crippen LogP contribution is 1.69. The van der Waals surface area contributed by atoms with Crippen LogP contribution in [-0.4, -0.2) is 11.9 Å². The number of primary amides is 1. The van der Waals surface area contributed by atoms with Crippen LogP contribution < -0.4 is 17.0 Å². The molecule has 0 radical (unpaired) electrons. The van der Waals surface area contributed by atoms with E-state index in [1.807, 2.05) is 0 Å². The van der Waals surface area contributed by atoms with Gasteiger partial charge in [-0.3, -0.25) is 10.6 Å². The van der Waals surface area contributed by atoms with Crippen LogP contribution in [0.15, 0.2) is 0 Å². The molecule has 1 atom stereocenters. The number of nitrogens with two attached hydrogens (primary N) is 2. The average molecular weight is 103 g/mol. The van der Waals surface area contributed by atoms with E-state index in [0.29, 0.717) is 0 Å². The fourth-order valence-electron chi connectivity index (χ4n) is 0.0821. The van der Waals surface area contributed by atoms with Gasteiger partial charge in [0, 0.05) is 0 Å². The molecule has 0 aliphatic carbocycles. The number of amides is 1. The molecule has 0 aromatic carbocycles. The van der Waals surface area contributed by atoms with E-state index in [1.54, 1.807) is 6.92 Å². The molecule has 0 heterocycles. The number of hydrogen-bond acceptors (Lipinski definition) is 3. The van der Waals surface area contributed by atoms with Gasteiger partial charge >= 0.3 is 0 Å². The number of hydrogen-bond donors (Lipinski definition) is 3. The molecule has 0 saturated heterocycles. The Morgan fingerprint density at radius 2 is 2.29 bits per heavy atom. The normalized spacial score (nSPS) is 13.4. The molecule has 4 nitrogen and oxygen atoms in total. The standard InChI is InChI=1S/C3H9N3O/c1-2(6-5)3(4)7/h2,6H,5H2,1H3,(H2,4,7)/t2-/m0/s1. The Kier molecular flexibility index (Phi) is 2.32. The van der Waals surface area contributed by atoms with Crippen molar-refractivity contribution in [1.82, 2.24) is 5.43 Å². The summed E-state index contributed by atoms with van der Waals surface area (Å²) in [6, 6.07) is -0.431. The van der Waals surface area contributed by atoms with Gasteiger partial charge in [0.15, 0.2) is 0 Å². The molecule has 0 aromatic rings. The highest BCUT2D eigenvalue weighted by Gasteiger charge is 2.01. The summed E-state index contributed by atoms with van der Waals surface area (Å²) in [4.78, 5) is 10.0. The summed E-state index contributed by atoms with van der Waals surface area (Å²) < 4.78 is 0. The van der Waals surface area contributed by atoms with Gasteiger partial charge in [0.05, 0.1) is 6.04 Å². The second kappa shape index (κ2) is 2.54. The van der Waals surface area contributed by atoms with E-state index in [2.05, 4.69) is 5.43 Å². The first-order chi connectivity index (χ1) is 3.18. The molecule has 1 amide bonds. The lowest BCUT2D eigenvalue weighted by Gasteiger charge is -2.00. The van der Waals surface area contributed by atoms with Crippen LogP contribution in [0.1, 0.15) is 6.92 Å². The highest BCUT2D eigenvalue weighted by atomic mass is 16.1. The van der Waals surface area contributed by atoms with E-state index >= 15 is 0 Å². The van der Waals surface area contributed by atoms with Crippen molar-refractivity contribution in [2.75, 3.05) is 0 Å². The molecule has 4 heteroatoms. The van der Waals surface area contributed by atoms with Gasteiger partial charge in [-0.05, 0) is 6.92 Å². The Labute approximate surface area is 41.8 Å². The zero-order valence-electron chi connectivity index (χ0n) is 4.14. The van der Waals surface area contributed by atoms with Crippen LogP contribution in [0.2, 0.25) is 0 Å². The Morgan fingerprint density at radius 1 is 1.86 bits per heavy atom. The Balaban J connectivity index is 3.34. The van der Waals surface area contributed by atoms with Gasteiger partial charge in [0.25, 0.3) is 0 Å². The Hall–Kier alpha value is -0.610. The van der Waals surface area contributed by atoms with Gasteiger partial charge in [-0.25, -0.2) is 5.43 Å². The molecule has 0 aliphatic rings. The molecule has 0 fully saturated rings. The lowest BCUT2D eigenvalue weighted by molar-refractivity contribution is -0.119. The summed E-state index contributed by atoms with van der Waals surface area (Å²) >= 11 is 0. The molecular weight excluding hydrogens is 94.1 g/mol. The molecular formula is C3H9N3O. The van der Waals surface area contributed by atoms with Crippen LogP contribution >= 0.6 is 0 Å². The topological polar surface area (TPSA) is 81.1 Å². The van der Waals surface area contributed by atoms with Crippen molar-refractivity contribution in [3.63, 3.8) is 0 Å². The first kappa shape index (κ1) is 6.39. The molecule has 7 heavy (non-hydrogen) atoms. The van der Waals surface area contributed by atoms with Crippen molar-refractivity contribution in [3.8, 4) is 0 Å². The number of nitrogens with one attached hydrogen (secondary N) is 1. The van der Waals surface area contributed by atoms with Gasteiger partial charge in [-0.1, -0.05) is 0 Å². The second-order valence-electron chi connectivity index (χ2n) is 1.29. The monoisotopic (exact) mass is 103 g/mol. The molecule has 42 valence electrons. The summed E-state index contributed by atoms with van der Waals surface area (Å²) in [6.45, 7) is 1.59. The first-order valence-corrected chi connectivity index (χ1v) is 1.94. The van der Waals surface area contributed by atoms with Gasteiger partial charge in [-0.2, -0.15) is 0 Å². The van der Waals surface area contributed by atoms with E-state index in [-0.39, 0.29) is 0 Å². The maximum atomic E-state index is 10.0. The van der Waals surface area contributed by atoms with Gasteiger partial charge in [-0.15, -0.1) is 0 Å². The molecule has 0 bridgehead atoms. The van der Waals surface area contributed by atoms with E-state index in [9.17, 15) is 4.79 Å². The minimum atomic E-state index is -0.442. The van der Waals surface area contributed by atoms with E-state index < -0.39 is 11.9 Å². The van der Waals surface area contributed by atoms with Crippen molar-refractivity contribution in [3.05, 3.63) is 0 Å². The maximum Gasteiger partial charge on any atom is 0.235 e. The third-order valence-electron chi connectivity index (χ3n) is 0.677. The quantitative estimate of drug-likeness (QED) is 0.288. The van der Waals surface area contributed by atoms with E-state index in [0.717, 1.165) is 0 Å². The first-order valence-electron chi connectivity index (χ1n) is 1.94. The summed E-state index contributed by atoms with van der Waals surface area (Å²) in [5.41, 5.74) is 6.95. The minimum absolute atomic E-state index is 0.431. The smallest absolute Gasteiger partial charge is 0.235 e. The lowest BCUT2D eigenvalue weighted by Crippen LogP contribution is -2.42. The lowest BCUT2D eigenvalue weighted by atomic mass is 10.3.